The number of hydrogen-bond acceptors (Lipinski definition) is 4. The van der Waals surface area contributed by atoms with Gasteiger partial charge in [-0.2, -0.15) is 5.10 Å². The van der Waals surface area contributed by atoms with Crippen molar-refractivity contribution < 1.29 is 18.3 Å². The summed E-state index contributed by atoms with van der Waals surface area (Å²) in [4.78, 5) is 10.9. The van der Waals surface area contributed by atoms with Crippen molar-refractivity contribution in [1.82, 2.24) is 9.78 Å². The highest BCUT2D eigenvalue weighted by Crippen LogP contribution is 2.24. The highest BCUT2D eigenvalue weighted by Gasteiger charge is 2.20. The van der Waals surface area contributed by atoms with Crippen LogP contribution in [-0.4, -0.2) is 22.9 Å². The fourth-order valence-corrected chi connectivity index (χ4v) is 2.20. The summed E-state index contributed by atoms with van der Waals surface area (Å²) in [5, 5.41) is 3.45. The minimum Gasteiger partial charge on any atom is -0.469 e. The van der Waals surface area contributed by atoms with Gasteiger partial charge in [-0.05, 0) is 12.8 Å². The van der Waals surface area contributed by atoms with Gasteiger partial charge in [0, 0.05) is 13.2 Å². The van der Waals surface area contributed by atoms with Crippen molar-refractivity contribution in [2.45, 2.75) is 38.5 Å². The smallest absolute Gasteiger partial charge is 0.308 e. The molecule has 1 aliphatic carbocycles. The van der Waals surface area contributed by atoms with E-state index >= 15 is 0 Å². The summed E-state index contributed by atoms with van der Waals surface area (Å²) in [6, 6.07) is 0. The molecule has 0 unspecified atom stereocenters. The maximum atomic E-state index is 11.9. The monoisotopic (exact) mass is 289 g/mol. The van der Waals surface area contributed by atoms with Crippen LogP contribution >= 0.6 is 0 Å². The molecule has 2 rings (SSSR count). The maximum absolute atomic E-state index is 11.9. The Morgan fingerprint density at radius 3 is 2.40 bits per heavy atom. The van der Waals surface area contributed by atoms with Gasteiger partial charge in [-0.15, -0.1) is 0 Å². The number of carbonyl (C=O) groups excluding carboxylic acids is 1. The van der Waals surface area contributed by atoms with E-state index in [2.05, 4.69) is 9.84 Å². The largest absolute Gasteiger partial charge is 0.469 e. The average molecular weight is 289 g/mol. The number of esters is 1. The van der Waals surface area contributed by atoms with Gasteiger partial charge in [-0.3, -0.25) is 9.48 Å². The third-order valence-electron chi connectivity index (χ3n) is 3.23. The van der Waals surface area contributed by atoms with Crippen LogP contribution in [0.15, 0.2) is 6.20 Å². The van der Waals surface area contributed by atoms with Gasteiger partial charge >= 0.3 is 5.97 Å². The molecule has 5 nitrogen and oxygen atoms in total. The van der Waals surface area contributed by atoms with E-state index in [1.807, 2.05) is 0 Å². The van der Waals surface area contributed by atoms with Crippen LogP contribution in [0.1, 0.15) is 44.2 Å². The Morgan fingerprint density at radius 1 is 1.45 bits per heavy atom. The Kier molecular flexibility index (Phi) is 6.41. The first-order valence-corrected chi connectivity index (χ1v) is 6.60. The van der Waals surface area contributed by atoms with Crippen LogP contribution < -0.4 is 5.73 Å². The number of methoxy groups -OCH3 is 1. The quantitative estimate of drug-likeness (QED) is 0.850. The second-order valence-electron chi connectivity index (χ2n) is 4.80. The molecule has 0 aromatic carbocycles. The minimum atomic E-state index is -2.58. The van der Waals surface area contributed by atoms with E-state index in [0.717, 1.165) is 12.8 Å². The van der Waals surface area contributed by atoms with Gasteiger partial charge in [0.25, 0.3) is 6.43 Å². The first kappa shape index (κ1) is 16.4. The number of anilines is 1. The van der Waals surface area contributed by atoms with E-state index < -0.39 is 6.43 Å². The number of aryl methyl sites for hydroxylation is 1. The fraction of sp³-hybridized carbons (Fsp3) is 0.692. The zero-order valence-corrected chi connectivity index (χ0v) is 11.8. The van der Waals surface area contributed by atoms with E-state index in [0.29, 0.717) is 0 Å². The number of nitrogens with two attached hydrogens (primary N) is 1. The number of halogens is 2. The van der Waals surface area contributed by atoms with Crippen LogP contribution in [0.5, 0.6) is 0 Å². The predicted octanol–water partition coefficient (Wildman–Crippen LogP) is 2.68. The van der Waals surface area contributed by atoms with E-state index in [-0.39, 0.29) is 23.3 Å². The van der Waals surface area contributed by atoms with Gasteiger partial charge in [-0.25, -0.2) is 8.78 Å². The molecule has 0 amide bonds. The molecule has 1 aromatic rings. The van der Waals surface area contributed by atoms with Crippen molar-refractivity contribution in [2.24, 2.45) is 13.0 Å². The van der Waals surface area contributed by atoms with Gasteiger partial charge in [0.15, 0.2) is 5.69 Å². The summed E-state index contributed by atoms with van der Waals surface area (Å²) < 4.78 is 29.7. The second-order valence-corrected chi connectivity index (χ2v) is 4.80. The molecule has 1 fully saturated rings. The molecule has 20 heavy (non-hydrogen) atoms. The van der Waals surface area contributed by atoms with Crippen molar-refractivity contribution in [3.05, 3.63) is 11.9 Å². The Hall–Kier alpha value is -1.66. The molecular weight excluding hydrogens is 268 g/mol. The summed E-state index contributed by atoms with van der Waals surface area (Å²) >= 11 is 0. The molecule has 114 valence electrons. The molecule has 0 aliphatic heterocycles. The summed E-state index contributed by atoms with van der Waals surface area (Å²) in [5.74, 6) is 0.193. The highest BCUT2D eigenvalue weighted by molar-refractivity contribution is 5.72. The van der Waals surface area contributed by atoms with Crippen LogP contribution in [0, 0.1) is 5.92 Å². The number of nitrogens with zero attached hydrogens (tertiary/aromatic N) is 2. The molecule has 0 radical (unpaired) electrons. The van der Waals surface area contributed by atoms with Crippen molar-refractivity contribution in [1.29, 1.82) is 0 Å². The molecule has 0 spiro atoms. The van der Waals surface area contributed by atoms with Crippen LogP contribution in [0.4, 0.5) is 14.5 Å². The van der Waals surface area contributed by atoms with E-state index in [1.54, 1.807) is 7.05 Å². The molecule has 7 heteroatoms. The topological polar surface area (TPSA) is 70.1 Å². The lowest BCUT2D eigenvalue weighted by Gasteiger charge is -2.18. The van der Waals surface area contributed by atoms with E-state index in [1.165, 1.54) is 37.3 Å². The van der Waals surface area contributed by atoms with Gasteiger partial charge in [0.05, 0.1) is 18.7 Å². The minimum absolute atomic E-state index is 0.0142. The summed E-state index contributed by atoms with van der Waals surface area (Å²) in [6.07, 6.45) is 4.51. The molecule has 0 saturated heterocycles. The molecule has 1 aromatic heterocycles. The van der Waals surface area contributed by atoms with Crippen molar-refractivity contribution in [2.75, 3.05) is 12.8 Å². The third kappa shape index (κ3) is 4.79. The molecule has 0 atom stereocenters. The third-order valence-corrected chi connectivity index (χ3v) is 3.23. The van der Waals surface area contributed by atoms with E-state index in [9.17, 15) is 13.6 Å². The van der Waals surface area contributed by atoms with E-state index in [4.69, 9.17) is 5.73 Å². The first-order chi connectivity index (χ1) is 9.45. The number of hydrogen-bond donors (Lipinski definition) is 1. The molecule has 0 bridgehead atoms. The van der Waals surface area contributed by atoms with Crippen molar-refractivity contribution >= 4 is 11.7 Å². The number of alkyl halides is 2. The highest BCUT2D eigenvalue weighted by atomic mass is 19.3. The maximum Gasteiger partial charge on any atom is 0.308 e. The Bertz CT molecular complexity index is 429. The SMILES string of the molecule is COC(=O)C1CCCCC1.Cn1cc(N)c(C(F)F)n1. The zero-order valence-electron chi connectivity index (χ0n) is 11.8. The van der Waals surface area contributed by atoms with Gasteiger partial charge in [0.2, 0.25) is 0 Å². The summed E-state index contributed by atoms with van der Waals surface area (Å²) in [6.45, 7) is 0. The van der Waals surface area contributed by atoms with Crippen LogP contribution in [0.2, 0.25) is 0 Å². The molecule has 1 aliphatic rings. The van der Waals surface area contributed by atoms with Crippen molar-refractivity contribution in [3.8, 4) is 0 Å². The standard InChI is InChI=1S/C8H14O2.C5H7F2N3/c1-10-8(9)7-5-3-2-4-6-7;1-10-2-3(8)4(9-10)5(6)7/h7H,2-6H2,1H3;2,5H,8H2,1H3. The van der Waals surface area contributed by atoms with Gasteiger partial charge < -0.3 is 10.5 Å². The number of carbonyl (C=O) groups is 1. The molecule has 2 N–H and O–H groups in total. The predicted molar refractivity (Wildman–Crippen MR) is 71.2 cm³/mol. The normalized spacial score (nSPS) is 15.7. The van der Waals surface area contributed by atoms with Crippen molar-refractivity contribution in [3.63, 3.8) is 0 Å². The molecular formula is C13H21F2N3O2. The Balaban J connectivity index is 0.000000200. The van der Waals surface area contributed by atoms with Gasteiger partial charge in [-0.1, -0.05) is 19.3 Å². The second kappa shape index (κ2) is 7.81. The lowest BCUT2D eigenvalue weighted by Crippen LogP contribution is -2.18. The summed E-state index contributed by atoms with van der Waals surface area (Å²) in [7, 11) is 3.01. The van der Waals surface area contributed by atoms with Crippen LogP contribution in [-0.2, 0) is 16.6 Å². The number of nitrogen functional groups attached to an aromatic ring is 1. The fourth-order valence-electron chi connectivity index (χ4n) is 2.20. The lowest BCUT2D eigenvalue weighted by molar-refractivity contribution is -0.146. The average Bonchev–Trinajstić information content (AvgIpc) is 2.79. The zero-order chi connectivity index (χ0) is 15.1. The molecule has 1 heterocycles. The number of ether oxygens (including phenoxy) is 1. The van der Waals surface area contributed by atoms with Gasteiger partial charge in [0.1, 0.15) is 0 Å². The van der Waals surface area contributed by atoms with Crippen LogP contribution in [0.25, 0.3) is 0 Å². The number of rotatable bonds is 2. The number of aromatic nitrogens is 2. The molecule has 1 saturated carbocycles. The lowest BCUT2D eigenvalue weighted by atomic mass is 9.89. The Labute approximate surface area is 117 Å². The van der Waals surface area contributed by atoms with Crippen LogP contribution in [0.3, 0.4) is 0 Å². The Morgan fingerprint density at radius 2 is 2.05 bits per heavy atom. The summed E-state index contributed by atoms with van der Waals surface area (Å²) in [5.41, 5.74) is 4.87. The first-order valence-electron chi connectivity index (χ1n) is 6.60.